The molecule has 1 heterocycles. The first-order valence-electron chi connectivity index (χ1n) is 8.29. The van der Waals surface area contributed by atoms with E-state index in [9.17, 15) is 9.59 Å². The topological polar surface area (TPSA) is 46.6 Å². The molecule has 4 nitrogen and oxygen atoms in total. The lowest BCUT2D eigenvalue weighted by atomic mass is 10.1. The van der Waals surface area contributed by atoms with Crippen molar-refractivity contribution >= 4 is 11.8 Å². The van der Waals surface area contributed by atoms with Crippen LogP contribution in [0.25, 0.3) is 0 Å². The van der Waals surface area contributed by atoms with Gasteiger partial charge in [0.15, 0.2) is 0 Å². The lowest BCUT2D eigenvalue weighted by Gasteiger charge is -2.13. The SMILES string of the molecule is COc1ccc(CCCCCN2C(=O)c3ccccc3C2=O)cc1. The summed E-state index contributed by atoms with van der Waals surface area (Å²) in [5.41, 5.74) is 2.33. The molecule has 3 rings (SSSR count). The average Bonchev–Trinajstić information content (AvgIpc) is 2.87. The Kier molecular flexibility index (Phi) is 4.94. The second-order valence-electron chi connectivity index (χ2n) is 5.97. The van der Waals surface area contributed by atoms with E-state index in [1.54, 1.807) is 31.4 Å². The average molecular weight is 323 g/mol. The molecule has 0 aliphatic carbocycles. The number of imide groups is 1. The normalized spacial score (nSPS) is 13.3. The number of aryl methyl sites for hydroxylation is 1. The van der Waals surface area contributed by atoms with E-state index in [1.165, 1.54) is 10.5 Å². The highest BCUT2D eigenvalue weighted by Crippen LogP contribution is 2.23. The van der Waals surface area contributed by atoms with Crippen LogP contribution >= 0.6 is 0 Å². The van der Waals surface area contributed by atoms with Crippen LogP contribution in [0.15, 0.2) is 48.5 Å². The predicted octanol–water partition coefficient (Wildman–Crippen LogP) is 3.70. The second kappa shape index (κ2) is 7.30. The van der Waals surface area contributed by atoms with Gasteiger partial charge >= 0.3 is 0 Å². The minimum absolute atomic E-state index is 0.161. The van der Waals surface area contributed by atoms with Crippen LogP contribution in [0, 0.1) is 0 Å². The molecule has 0 radical (unpaired) electrons. The zero-order valence-electron chi connectivity index (χ0n) is 13.8. The predicted molar refractivity (Wildman–Crippen MR) is 92.4 cm³/mol. The molecule has 2 aromatic carbocycles. The Morgan fingerprint density at radius 2 is 1.46 bits per heavy atom. The lowest BCUT2D eigenvalue weighted by Crippen LogP contribution is -2.30. The van der Waals surface area contributed by atoms with Crippen LogP contribution in [-0.2, 0) is 6.42 Å². The van der Waals surface area contributed by atoms with Crippen molar-refractivity contribution in [2.75, 3.05) is 13.7 Å². The van der Waals surface area contributed by atoms with Crippen LogP contribution < -0.4 is 4.74 Å². The van der Waals surface area contributed by atoms with Gasteiger partial charge in [0, 0.05) is 6.54 Å². The van der Waals surface area contributed by atoms with Crippen LogP contribution in [0.5, 0.6) is 5.75 Å². The van der Waals surface area contributed by atoms with Gasteiger partial charge in [-0.15, -0.1) is 0 Å². The summed E-state index contributed by atoms with van der Waals surface area (Å²) in [6, 6.07) is 15.1. The molecule has 1 aliphatic heterocycles. The van der Waals surface area contributed by atoms with Crippen molar-refractivity contribution in [1.29, 1.82) is 0 Å². The van der Waals surface area contributed by atoms with Gasteiger partial charge in [0.25, 0.3) is 11.8 Å². The summed E-state index contributed by atoms with van der Waals surface area (Å²) in [4.78, 5) is 25.9. The van der Waals surface area contributed by atoms with Crippen molar-refractivity contribution in [3.63, 3.8) is 0 Å². The molecule has 0 unspecified atom stereocenters. The lowest BCUT2D eigenvalue weighted by molar-refractivity contribution is 0.0651. The number of carbonyl (C=O) groups is 2. The smallest absolute Gasteiger partial charge is 0.261 e. The third-order valence-corrected chi connectivity index (χ3v) is 4.38. The van der Waals surface area contributed by atoms with Crippen molar-refractivity contribution in [1.82, 2.24) is 4.90 Å². The van der Waals surface area contributed by atoms with Gasteiger partial charge in [-0.25, -0.2) is 0 Å². The molecule has 2 aromatic rings. The Morgan fingerprint density at radius 1 is 0.833 bits per heavy atom. The molecule has 1 aliphatic rings. The Labute approximate surface area is 142 Å². The van der Waals surface area contributed by atoms with E-state index in [1.807, 2.05) is 12.1 Å². The maximum atomic E-state index is 12.2. The number of amides is 2. The second-order valence-corrected chi connectivity index (χ2v) is 5.97. The van der Waals surface area contributed by atoms with Gasteiger partial charge in [-0.3, -0.25) is 14.5 Å². The van der Waals surface area contributed by atoms with E-state index >= 15 is 0 Å². The van der Waals surface area contributed by atoms with Gasteiger partial charge in [0.2, 0.25) is 0 Å². The highest BCUT2D eigenvalue weighted by atomic mass is 16.5. The Hall–Kier alpha value is -2.62. The van der Waals surface area contributed by atoms with Gasteiger partial charge in [0.1, 0.15) is 5.75 Å². The molecule has 0 atom stereocenters. The Bertz CT molecular complexity index is 702. The first-order chi connectivity index (χ1) is 11.7. The molecule has 2 amide bonds. The number of hydrogen-bond donors (Lipinski definition) is 0. The molecule has 0 saturated carbocycles. The van der Waals surface area contributed by atoms with E-state index in [0.29, 0.717) is 17.7 Å². The first kappa shape index (κ1) is 16.2. The minimum Gasteiger partial charge on any atom is -0.497 e. The maximum absolute atomic E-state index is 12.2. The molecular formula is C20H21NO3. The van der Waals surface area contributed by atoms with Crippen molar-refractivity contribution in [3.8, 4) is 5.75 Å². The number of rotatable bonds is 7. The molecule has 0 saturated heterocycles. The largest absolute Gasteiger partial charge is 0.497 e. The van der Waals surface area contributed by atoms with Gasteiger partial charge in [0.05, 0.1) is 18.2 Å². The van der Waals surface area contributed by atoms with Gasteiger partial charge < -0.3 is 4.74 Å². The van der Waals surface area contributed by atoms with Crippen molar-refractivity contribution < 1.29 is 14.3 Å². The summed E-state index contributed by atoms with van der Waals surface area (Å²) in [6.07, 6.45) is 3.85. The summed E-state index contributed by atoms with van der Waals surface area (Å²) in [6.45, 7) is 0.495. The van der Waals surface area contributed by atoms with Gasteiger partial charge in [-0.05, 0) is 49.1 Å². The van der Waals surface area contributed by atoms with Crippen LogP contribution in [0.4, 0.5) is 0 Å². The van der Waals surface area contributed by atoms with Gasteiger partial charge in [-0.2, -0.15) is 0 Å². The van der Waals surface area contributed by atoms with E-state index < -0.39 is 0 Å². The number of benzene rings is 2. The molecule has 24 heavy (non-hydrogen) atoms. The Balaban J connectivity index is 1.44. The highest BCUT2D eigenvalue weighted by molar-refractivity contribution is 6.21. The molecule has 0 fully saturated rings. The highest BCUT2D eigenvalue weighted by Gasteiger charge is 2.34. The monoisotopic (exact) mass is 323 g/mol. The Morgan fingerprint density at radius 3 is 2.04 bits per heavy atom. The van der Waals surface area contributed by atoms with Crippen LogP contribution in [-0.4, -0.2) is 30.4 Å². The summed E-state index contributed by atoms with van der Waals surface area (Å²) in [7, 11) is 1.66. The fraction of sp³-hybridized carbons (Fsp3) is 0.300. The third-order valence-electron chi connectivity index (χ3n) is 4.38. The number of fused-ring (bicyclic) bond motifs is 1. The van der Waals surface area contributed by atoms with Gasteiger partial charge in [-0.1, -0.05) is 30.7 Å². The summed E-state index contributed by atoms with van der Waals surface area (Å²) >= 11 is 0. The summed E-state index contributed by atoms with van der Waals surface area (Å²) in [5.74, 6) is 0.542. The fourth-order valence-corrected chi connectivity index (χ4v) is 3.01. The van der Waals surface area contributed by atoms with Crippen LogP contribution in [0.3, 0.4) is 0 Å². The molecule has 0 spiro atoms. The van der Waals surface area contributed by atoms with Crippen molar-refractivity contribution in [3.05, 3.63) is 65.2 Å². The van der Waals surface area contributed by atoms with Crippen LogP contribution in [0.2, 0.25) is 0 Å². The molecule has 0 N–H and O–H groups in total. The molecule has 0 bridgehead atoms. The van der Waals surface area contributed by atoms with E-state index in [4.69, 9.17) is 4.74 Å². The number of ether oxygens (including phenoxy) is 1. The maximum Gasteiger partial charge on any atom is 0.261 e. The number of methoxy groups -OCH3 is 1. The summed E-state index contributed by atoms with van der Waals surface area (Å²) in [5, 5.41) is 0. The molecule has 4 heteroatoms. The standard InChI is InChI=1S/C20H21NO3/c1-24-16-12-10-15(11-13-16)7-3-2-6-14-21-19(22)17-8-4-5-9-18(17)20(21)23/h4-5,8-13H,2-3,6-7,14H2,1H3. The summed E-state index contributed by atoms with van der Waals surface area (Å²) < 4.78 is 5.15. The number of nitrogens with zero attached hydrogens (tertiary/aromatic N) is 1. The third kappa shape index (κ3) is 3.32. The van der Waals surface area contributed by atoms with E-state index in [-0.39, 0.29) is 11.8 Å². The van der Waals surface area contributed by atoms with E-state index in [2.05, 4.69) is 12.1 Å². The zero-order valence-corrected chi connectivity index (χ0v) is 13.8. The van der Waals surface area contributed by atoms with Crippen molar-refractivity contribution in [2.45, 2.75) is 25.7 Å². The number of unbranched alkanes of at least 4 members (excludes halogenated alkanes) is 2. The van der Waals surface area contributed by atoms with Crippen molar-refractivity contribution in [2.24, 2.45) is 0 Å². The quantitative estimate of drug-likeness (QED) is 0.576. The van der Waals surface area contributed by atoms with E-state index in [0.717, 1.165) is 31.4 Å². The van der Waals surface area contributed by atoms with Crippen LogP contribution in [0.1, 0.15) is 45.5 Å². The molecule has 0 aromatic heterocycles. The zero-order chi connectivity index (χ0) is 16.9. The molecular weight excluding hydrogens is 302 g/mol. The first-order valence-corrected chi connectivity index (χ1v) is 8.29. The minimum atomic E-state index is -0.161. The fourth-order valence-electron chi connectivity index (χ4n) is 3.01. The number of hydrogen-bond acceptors (Lipinski definition) is 3. The number of carbonyl (C=O) groups excluding carboxylic acids is 2. The molecule has 124 valence electrons.